The van der Waals surface area contributed by atoms with Gasteiger partial charge in [0.25, 0.3) is 0 Å². The summed E-state index contributed by atoms with van der Waals surface area (Å²) in [6.45, 7) is 0. The van der Waals surface area contributed by atoms with E-state index >= 15 is 0 Å². The van der Waals surface area contributed by atoms with Crippen LogP contribution in [0.25, 0.3) is 0 Å². The molecule has 0 fully saturated rings. The SMILES string of the molecule is CO/C(=C\C=C\CCc1ccc(OC)cc1)C(=O)O. The third-order valence-corrected chi connectivity index (χ3v) is 2.57. The number of carbonyl (C=O) groups is 1. The molecule has 0 radical (unpaired) electrons. The minimum absolute atomic E-state index is 0.0688. The zero-order valence-electron chi connectivity index (χ0n) is 11.1. The molecule has 1 N–H and O–H groups in total. The number of methoxy groups -OCH3 is 2. The van der Waals surface area contributed by atoms with Gasteiger partial charge in [-0.1, -0.05) is 24.3 Å². The molecule has 4 nitrogen and oxygen atoms in total. The zero-order valence-corrected chi connectivity index (χ0v) is 11.1. The quantitative estimate of drug-likeness (QED) is 0.466. The first-order valence-electron chi connectivity index (χ1n) is 5.94. The molecule has 0 saturated heterocycles. The Bertz CT molecular complexity index is 458. The summed E-state index contributed by atoms with van der Waals surface area (Å²) in [6.07, 6.45) is 6.77. The van der Waals surface area contributed by atoms with Crippen molar-refractivity contribution in [2.45, 2.75) is 12.8 Å². The van der Waals surface area contributed by atoms with Crippen molar-refractivity contribution >= 4 is 5.97 Å². The van der Waals surface area contributed by atoms with Crippen LogP contribution in [0.5, 0.6) is 5.75 Å². The molecular weight excluding hydrogens is 244 g/mol. The molecule has 0 aliphatic carbocycles. The molecule has 0 heterocycles. The molecule has 0 unspecified atom stereocenters. The lowest BCUT2D eigenvalue weighted by molar-refractivity contribution is -0.136. The fourth-order valence-electron chi connectivity index (χ4n) is 1.52. The molecule has 102 valence electrons. The third kappa shape index (κ3) is 5.29. The van der Waals surface area contributed by atoms with Crippen molar-refractivity contribution in [2.24, 2.45) is 0 Å². The number of aryl methyl sites for hydroxylation is 1. The predicted octanol–water partition coefficient (Wildman–Crippen LogP) is 2.80. The van der Waals surface area contributed by atoms with Gasteiger partial charge in [0.05, 0.1) is 14.2 Å². The monoisotopic (exact) mass is 262 g/mol. The Hall–Kier alpha value is -2.23. The highest BCUT2D eigenvalue weighted by Gasteiger charge is 2.03. The molecule has 0 aliphatic heterocycles. The second-order valence-electron chi connectivity index (χ2n) is 3.86. The summed E-state index contributed by atoms with van der Waals surface area (Å²) in [4.78, 5) is 10.6. The third-order valence-electron chi connectivity index (χ3n) is 2.57. The standard InChI is InChI=1S/C15H18O4/c1-18-13-10-8-12(9-11-13)6-4-3-5-7-14(19-2)15(16)17/h3,5,7-11H,4,6H2,1-2H3,(H,16,17)/b5-3+,14-7-. The summed E-state index contributed by atoms with van der Waals surface area (Å²) in [6, 6.07) is 7.87. The van der Waals surface area contributed by atoms with Crippen LogP contribution < -0.4 is 4.74 Å². The van der Waals surface area contributed by atoms with Gasteiger partial charge in [0.1, 0.15) is 5.75 Å². The fourth-order valence-corrected chi connectivity index (χ4v) is 1.52. The van der Waals surface area contributed by atoms with Crippen LogP contribution in [0.4, 0.5) is 0 Å². The second-order valence-corrected chi connectivity index (χ2v) is 3.86. The van der Waals surface area contributed by atoms with E-state index in [1.54, 1.807) is 13.2 Å². The Morgan fingerprint density at radius 2 is 1.95 bits per heavy atom. The molecule has 1 rings (SSSR count). The van der Waals surface area contributed by atoms with Crippen LogP contribution in [-0.4, -0.2) is 25.3 Å². The number of carboxylic acid groups (broad SMARTS) is 1. The van der Waals surface area contributed by atoms with Gasteiger partial charge in [-0.15, -0.1) is 0 Å². The van der Waals surface area contributed by atoms with Crippen LogP contribution in [0.1, 0.15) is 12.0 Å². The molecule has 4 heteroatoms. The van der Waals surface area contributed by atoms with Crippen molar-refractivity contribution in [1.82, 2.24) is 0 Å². The lowest BCUT2D eigenvalue weighted by Gasteiger charge is -2.01. The van der Waals surface area contributed by atoms with E-state index in [2.05, 4.69) is 0 Å². The maximum atomic E-state index is 10.6. The summed E-state index contributed by atoms with van der Waals surface area (Å²) in [7, 11) is 2.98. The lowest BCUT2D eigenvalue weighted by atomic mass is 10.1. The molecular formula is C15H18O4. The van der Waals surface area contributed by atoms with Crippen LogP contribution in [0.3, 0.4) is 0 Å². The Morgan fingerprint density at radius 1 is 1.26 bits per heavy atom. The number of hydrogen-bond donors (Lipinski definition) is 1. The summed E-state index contributed by atoms with van der Waals surface area (Å²) in [5, 5.41) is 8.72. The Kier molecular flexibility index (Phi) is 6.22. The van der Waals surface area contributed by atoms with E-state index in [4.69, 9.17) is 14.6 Å². The predicted molar refractivity (Wildman–Crippen MR) is 73.2 cm³/mol. The summed E-state index contributed by atoms with van der Waals surface area (Å²) >= 11 is 0. The highest BCUT2D eigenvalue weighted by atomic mass is 16.5. The minimum Gasteiger partial charge on any atom is -0.497 e. The van der Waals surface area contributed by atoms with Gasteiger partial charge in [0, 0.05) is 0 Å². The fraction of sp³-hybridized carbons (Fsp3) is 0.267. The molecule has 0 atom stereocenters. The first-order chi connectivity index (χ1) is 9.17. The maximum Gasteiger partial charge on any atom is 0.371 e. The number of allylic oxidation sites excluding steroid dienone is 3. The van der Waals surface area contributed by atoms with Gasteiger partial charge in [-0.3, -0.25) is 0 Å². The summed E-state index contributed by atoms with van der Waals surface area (Å²) < 4.78 is 9.78. The average Bonchev–Trinajstić information content (AvgIpc) is 2.43. The van der Waals surface area contributed by atoms with Gasteiger partial charge in [-0.25, -0.2) is 4.79 Å². The smallest absolute Gasteiger partial charge is 0.371 e. The lowest BCUT2D eigenvalue weighted by Crippen LogP contribution is -2.01. The van der Waals surface area contributed by atoms with Crippen molar-refractivity contribution in [3.8, 4) is 5.75 Å². The molecule has 0 aromatic heterocycles. The number of aliphatic carboxylic acids is 1. The van der Waals surface area contributed by atoms with Gasteiger partial charge in [0.2, 0.25) is 5.76 Å². The van der Waals surface area contributed by atoms with E-state index in [0.717, 1.165) is 18.6 Å². The molecule has 1 aromatic carbocycles. The summed E-state index contributed by atoms with van der Waals surface area (Å²) in [5.41, 5.74) is 1.21. The van der Waals surface area contributed by atoms with Gasteiger partial charge >= 0.3 is 5.97 Å². The van der Waals surface area contributed by atoms with Crippen molar-refractivity contribution < 1.29 is 19.4 Å². The van der Waals surface area contributed by atoms with Crippen LogP contribution >= 0.6 is 0 Å². The van der Waals surface area contributed by atoms with Gasteiger partial charge in [0.15, 0.2) is 0 Å². The highest BCUT2D eigenvalue weighted by Crippen LogP contribution is 2.12. The van der Waals surface area contributed by atoms with Crippen LogP contribution in [0, 0.1) is 0 Å². The first-order valence-corrected chi connectivity index (χ1v) is 5.94. The largest absolute Gasteiger partial charge is 0.497 e. The molecule has 0 amide bonds. The maximum absolute atomic E-state index is 10.6. The van der Waals surface area contributed by atoms with Crippen molar-refractivity contribution in [3.05, 3.63) is 53.8 Å². The van der Waals surface area contributed by atoms with E-state index in [-0.39, 0.29) is 5.76 Å². The molecule has 0 bridgehead atoms. The van der Waals surface area contributed by atoms with Crippen molar-refractivity contribution in [1.29, 1.82) is 0 Å². The number of benzene rings is 1. The second kappa shape index (κ2) is 7.97. The normalized spacial score (nSPS) is 11.6. The van der Waals surface area contributed by atoms with Crippen LogP contribution in [-0.2, 0) is 16.0 Å². The van der Waals surface area contributed by atoms with Crippen molar-refractivity contribution in [3.63, 3.8) is 0 Å². The van der Waals surface area contributed by atoms with Crippen LogP contribution in [0.2, 0.25) is 0 Å². The van der Waals surface area contributed by atoms with Gasteiger partial charge in [-0.2, -0.15) is 0 Å². The first kappa shape index (κ1) is 14.8. The minimum atomic E-state index is -1.07. The van der Waals surface area contributed by atoms with Crippen molar-refractivity contribution in [2.75, 3.05) is 14.2 Å². The van der Waals surface area contributed by atoms with E-state index in [1.165, 1.54) is 18.7 Å². The van der Waals surface area contributed by atoms with E-state index in [0.29, 0.717) is 0 Å². The van der Waals surface area contributed by atoms with Gasteiger partial charge < -0.3 is 14.6 Å². The summed E-state index contributed by atoms with van der Waals surface area (Å²) in [5.74, 6) is -0.295. The van der Waals surface area contributed by atoms with E-state index in [9.17, 15) is 4.79 Å². The molecule has 0 saturated carbocycles. The topological polar surface area (TPSA) is 55.8 Å². The number of ether oxygens (including phenoxy) is 2. The number of carboxylic acids is 1. The molecule has 0 spiro atoms. The Morgan fingerprint density at radius 3 is 2.47 bits per heavy atom. The van der Waals surface area contributed by atoms with Crippen LogP contribution in [0.15, 0.2) is 48.3 Å². The van der Waals surface area contributed by atoms with E-state index < -0.39 is 5.97 Å². The Labute approximate surface area is 113 Å². The Balaban J connectivity index is 2.42. The zero-order chi connectivity index (χ0) is 14.1. The number of rotatable bonds is 7. The average molecular weight is 262 g/mol. The highest BCUT2D eigenvalue weighted by molar-refractivity contribution is 5.84. The molecule has 0 aliphatic rings. The number of hydrogen-bond acceptors (Lipinski definition) is 3. The molecule has 1 aromatic rings. The molecule has 19 heavy (non-hydrogen) atoms. The van der Waals surface area contributed by atoms with E-state index in [1.807, 2.05) is 30.3 Å². The van der Waals surface area contributed by atoms with Gasteiger partial charge in [-0.05, 0) is 36.6 Å².